The number of nitriles is 1. The summed E-state index contributed by atoms with van der Waals surface area (Å²) >= 11 is 5.72. The predicted octanol–water partition coefficient (Wildman–Crippen LogP) is 3.71. The van der Waals surface area contributed by atoms with Gasteiger partial charge in [0.1, 0.15) is 17.0 Å². The number of halogens is 4. The van der Waals surface area contributed by atoms with E-state index < -0.39 is 23.1 Å². The molecule has 0 amide bonds. The highest BCUT2D eigenvalue weighted by Gasteiger charge is 2.33. The third kappa shape index (κ3) is 3.32. The molecule has 0 aliphatic carbocycles. The van der Waals surface area contributed by atoms with Crippen LogP contribution < -0.4 is 0 Å². The molecule has 1 atom stereocenters. The van der Waals surface area contributed by atoms with Crippen molar-refractivity contribution in [3.63, 3.8) is 0 Å². The fraction of sp³-hybridized carbons (Fsp3) is 0.143. The van der Waals surface area contributed by atoms with Gasteiger partial charge in [-0.1, -0.05) is 29.8 Å². The molecule has 3 nitrogen and oxygen atoms in total. The maximum absolute atomic E-state index is 12.5. The van der Waals surface area contributed by atoms with Gasteiger partial charge in [-0.3, -0.25) is 0 Å². The summed E-state index contributed by atoms with van der Waals surface area (Å²) in [5.41, 5.74) is -0.422. The lowest BCUT2D eigenvalue weighted by Crippen LogP contribution is -2.10. The number of hydrogen-bond acceptors (Lipinski definition) is 3. The van der Waals surface area contributed by atoms with Gasteiger partial charge in [-0.05, 0) is 23.8 Å². The molecule has 7 heteroatoms. The molecule has 1 unspecified atom stereocenters. The van der Waals surface area contributed by atoms with Crippen molar-refractivity contribution < 1.29 is 18.3 Å². The second-order valence-corrected chi connectivity index (χ2v) is 4.57. The molecule has 1 aromatic carbocycles. The first-order valence-electron chi connectivity index (χ1n) is 5.74. The number of nitrogens with zero attached hydrogens (tertiary/aromatic N) is 2. The highest BCUT2D eigenvalue weighted by molar-refractivity contribution is 6.30. The Morgan fingerprint density at radius 1 is 1.24 bits per heavy atom. The minimum atomic E-state index is -4.60. The number of benzene rings is 1. The largest absolute Gasteiger partial charge is 0.433 e. The van der Waals surface area contributed by atoms with Gasteiger partial charge in [-0.2, -0.15) is 18.4 Å². The molecule has 0 fully saturated rings. The van der Waals surface area contributed by atoms with Crippen LogP contribution in [0.15, 0.2) is 36.4 Å². The lowest BCUT2D eigenvalue weighted by Gasteiger charge is -2.14. The van der Waals surface area contributed by atoms with Gasteiger partial charge in [-0.15, -0.1) is 0 Å². The van der Waals surface area contributed by atoms with Gasteiger partial charge in [0.05, 0.1) is 11.6 Å². The van der Waals surface area contributed by atoms with Crippen LogP contribution in [0.1, 0.15) is 28.5 Å². The molecule has 1 heterocycles. The Kier molecular flexibility index (Phi) is 4.16. The van der Waals surface area contributed by atoms with E-state index in [1.54, 1.807) is 18.2 Å². The molecule has 0 aliphatic heterocycles. The molecular weight excluding hydrogens is 305 g/mol. The van der Waals surface area contributed by atoms with Crippen LogP contribution in [0.5, 0.6) is 0 Å². The van der Waals surface area contributed by atoms with Gasteiger partial charge < -0.3 is 5.11 Å². The summed E-state index contributed by atoms with van der Waals surface area (Å²) in [6, 6.07) is 9.80. The maximum atomic E-state index is 12.5. The second-order valence-electron chi connectivity index (χ2n) is 4.21. The van der Waals surface area contributed by atoms with E-state index >= 15 is 0 Å². The van der Waals surface area contributed by atoms with Crippen molar-refractivity contribution in [2.75, 3.05) is 0 Å². The van der Waals surface area contributed by atoms with E-state index in [0.717, 1.165) is 12.1 Å². The normalized spacial score (nSPS) is 12.8. The highest BCUT2D eigenvalue weighted by Crippen LogP contribution is 2.32. The number of aromatic nitrogens is 1. The molecule has 2 rings (SSSR count). The van der Waals surface area contributed by atoms with Crippen molar-refractivity contribution in [2.45, 2.75) is 12.3 Å². The van der Waals surface area contributed by atoms with E-state index in [1.807, 2.05) is 6.07 Å². The standard InChI is InChI=1S/C14H8ClF3N2O/c15-13-10(4-5-11(20-13)14(16,17)18)12(21)9-3-1-2-8(6-9)7-19/h1-6,12,21H. The second kappa shape index (κ2) is 5.72. The zero-order valence-electron chi connectivity index (χ0n) is 10.4. The fourth-order valence-electron chi connectivity index (χ4n) is 1.76. The summed E-state index contributed by atoms with van der Waals surface area (Å²) in [5, 5.41) is 18.5. The van der Waals surface area contributed by atoms with Crippen molar-refractivity contribution in [1.82, 2.24) is 4.98 Å². The average molecular weight is 313 g/mol. The van der Waals surface area contributed by atoms with Crippen molar-refractivity contribution in [3.05, 3.63) is 63.9 Å². The summed E-state index contributed by atoms with van der Waals surface area (Å²) in [7, 11) is 0. The first kappa shape index (κ1) is 15.3. The van der Waals surface area contributed by atoms with Crippen LogP contribution in [0, 0.1) is 11.3 Å². The number of hydrogen-bond donors (Lipinski definition) is 1. The van der Waals surface area contributed by atoms with Crippen LogP contribution in [-0.2, 0) is 6.18 Å². The van der Waals surface area contributed by atoms with Crippen LogP contribution in [0.25, 0.3) is 0 Å². The third-order valence-electron chi connectivity index (χ3n) is 2.79. The summed E-state index contributed by atoms with van der Waals surface area (Å²) < 4.78 is 37.5. The molecule has 0 radical (unpaired) electrons. The van der Waals surface area contributed by atoms with Crippen LogP contribution in [0.3, 0.4) is 0 Å². The van der Waals surface area contributed by atoms with Crippen LogP contribution in [0.2, 0.25) is 5.15 Å². The first-order valence-corrected chi connectivity index (χ1v) is 6.12. The van der Waals surface area contributed by atoms with E-state index in [-0.39, 0.29) is 5.56 Å². The fourth-order valence-corrected chi connectivity index (χ4v) is 2.02. The summed E-state index contributed by atoms with van der Waals surface area (Å²) in [6.07, 6.45) is -5.87. The molecule has 0 saturated carbocycles. The van der Waals surface area contributed by atoms with Crippen molar-refractivity contribution in [2.24, 2.45) is 0 Å². The van der Waals surface area contributed by atoms with E-state index in [0.29, 0.717) is 11.1 Å². The minimum absolute atomic E-state index is 0.0414. The van der Waals surface area contributed by atoms with Gasteiger partial charge in [0.25, 0.3) is 0 Å². The zero-order valence-corrected chi connectivity index (χ0v) is 11.2. The molecule has 21 heavy (non-hydrogen) atoms. The molecule has 0 bridgehead atoms. The van der Waals surface area contributed by atoms with E-state index in [9.17, 15) is 18.3 Å². The number of aliphatic hydroxyl groups excluding tert-OH is 1. The Balaban J connectivity index is 2.40. The molecule has 0 spiro atoms. The van der Waals surface area contributed by atoms with Gasteiger partial charge in [0.2, 0.25) is 0 Å². The summed E-state index contributed by atoms with van der Waals surface area (Å²) in [6.45, 7) is 0. The first-order chi connectivity index (χ1) is 9.82. The topological polar surface area (TPSA) is 56.9 Å². The molecule has 0 aliphatic rings. The monoisotopic (exact) mass is 312 g/mol. The average Bonchev–Trinajstić information content (AvgIpc) is 2.45. The maximum Gasteiger partial charge on any atom is 0.433 e. The number of pyridine rings is 1. The highest BCUT2D eigenvalue weighted by atomic mass is 35.5. The van der Waals surface area contributed by atoms with E-state index in [1.165, 1.54) is 6.07 Å². The van der Waals surface area contributed by atoms with Crippen LogP contribution in [0.4, 0.5) is 13.2 Å². The van der Waals surface area contributed by atoms with E-state index in [2.05, 4.69) is 4.98 Å². The smallest absolute Gasteiger partial charge is 0.384 e. The van der Waals surface area contributed by atoms with Gasteiger partial charge in [0, 0.05) is 5.56 Å². The Labute approximate surface area is 123 Å². The third-order valence-corrected chi connectivity index (χ3v) is 3.10. The minimum Gasteiger partial charge on any atom is -0.384 e. The number of aliphatic hydroxyl groups is 1. The lowest BCUT2D eigenvalue weighted by atomic mass is 10.0. The number of rotatable bonds is 2. The van der Waals surface area contributed by atoms with Gasteiger partial charge in [0.15, 0.2) is 0 Å². The molecule has 1 N–H and O–H groups in total. The summed E-state index contributed by atoms with van der Waals surface area (Å²) in [5.74, 6) is 0. The number of alkyl halides is 3. The van der Waals surface area contributed by atoms with E-state index in [4.69, 9.17) is 16.9 Å². The van der Waals surface area contributed by atoms with Crippen molar-refractivity contribution in [1.29, 1.82) is 5.26 Å². The van der Waals surface area contributed by atoms with Gasteiger partial charge >= 0.3 is 6.18 Å². The van der Waals surface area contributed by atoms with Crippen LogP contribution in [-0.4, -0.2) is 10.1 Å². The van der Waals surface area contributed by atoms with Crippen molar-refractivity contribution in [3.8, 4) is 6.07 Å². The lowest BCUT2D eigenvalue weighted by molar-refractivity contribution is -0.141. The predicted molar refractivity (Wildman–Crippen MR) is 69.5 cm³/mol. The van der Waals surface area contributed by atoms with Gasteiger partial charge in [-0.25, -0.2) is 4.98 Å². The zero-order chi connectivity index (χ0) is 15.6. The Bertz CT molecular complexity index is 710. The SMILES string of the molecule is N#Cc1cccc(C(O)c2ccc(C(F)(F)F)nc2Cl)c1. The Morgan fingerprint density at radius 2 is 1.95 bits per heavy atom. The molecule has 0 saturated heterocycles. The van der Waals surface area contributed by atoms with Crippen LogP contribution >= 0.6 is 11.6 Å². The Morgan fingerprint density at radius 3 is 2.52 bits per heavy atom. The summed E-state index contributed by atoms with van der Waals surface area (Å²) in [4.78, 5) is 3.25. The quantitative estimate of drug-likeness (QED) is 0.860. The molecular formula is C14H8ClF3N2O. The molecule has 1 aromatic heterocycles. The molecule has 108 valence electrons. The molecule has 2 aromatic rings. The Hall–Kier alpha value is -2.10. The van der Waals surface area contributed by atoms with Crippen molar-refractivity contribution >= 4 is 11.6 Å².